The zero-order valence-corrected chi connectivity index (χ0v) is 12.9. The number of nitrogens with one attached hydrogen (secondary N) is 1. The lowest BCUT2D eigenvalue weighted by Crippen LogP contribution is -2.44. The highest BCUT2D eigenvalue weighted by Gasteiger charge is 2.40. The third-order valence-electron chi connectivity index (χ3n) is 3.67. The number of carbonyl (C=O) groups is 1. The Morgan fingerprint density at radius 1 is 1.17 bits per heavy atom. The van der Waals surface area contributed by atoms with E-state index >= 15 is 0 Å². The molecule has 1 amide bonds. The first-order valence-electron chi connectivity index (χ1n) is 7.45. The first kappa shape index (κ1) is 15.5. The summed E-state index contributed by atoms with van der Waals surface area (Å²) in [4.78, 5) is 14.5. The van der Waals surface area contributed by atoms with Crippen LogP contribution in [0.2, 0.25) is 0 Å². The van der Waals surface area contributed by atoms with Crippen molar-refractivity contribution in [2.75, 3.05) is 0 Å². The molecule has 3 heteroatoms. The molecule has 0 aromatic rings. The molecule has 3 unspecified atom stereocenters. The predicted molar refractivity (Wildman–Crippen MR) is 76.2 cm³/mol. The van der Waals surface area contributed by atoms with Crippen molar-refractivity contribution < 1.29 is 4.79 Å². The zero-order chi connectivity index (χ0) is 13.9. The second-order valence-corrected chi connectivity index (χ2v) is 6.50. The minimum Gasteiger partial charge on any atom is -0.323 e. The molecule has 1 rings (SSSR count). The van der Waals surface area contributed by atoms with Gasteiger partial charge in [-0.3, -0.25) is 10.1 Å². The quantitative estimate of drug-likeness (QED) is 0.790. The monoisotopic (exact) mass is 254 g/mol. The van der Waals surface area contributed by atoms with Crippen molar-refractivity contribution in [2.24, 2.45) is 11.8 Å². The van der Waals surface area contributed by atoms with E-state index in [1.54, 1.807) is 0 Å². The van der Waals surface area contributed by atoms with Gasteiger partial charge in [0.2, 0.25) is 5.91 Å². The van der Waals surface area contributed by atoms with Crippen LogP contribution in [0.1, 0.15) is 60.8 Å². The van der Waals surface area contributed by atoms with Crippen molar-refractivity contribution in [3.05, 3.63) is 0 Å². The Morgan fingerprint density at radius 3 is 2.22 bits per heavy atom. The first-order chi connectivity index (χ1) is 8.36. The molecule has 0 bridgehead atoms. The van der Waals surface area contributed by atoms with Crippen LogP contribution in [-0.4, -0.2) is 29.1 Å². The maximum atomic E-state index is 12.4. The molecule has 3 nitrogen and oxygen atoms in total. The summed E-state index contributed by atoms with van der Waals surface area (Å²) in [5.41, 5.74) is 0. The first-order valence-corrected chi connectivity index (χ1v) is 7.45. The van der Waals surface area contributed by atoms with E-state index in [1.165, 1.54) is 0 Å². The van der Waals surface area contributed by atoms with Gasteiger partial charge >= 0.3 is 0 Å². The van der Waals surface area contributed by atoms with Crippen LogP contribution in [-0.2, 0) is 4.79 Å². The summed E-state index contributed by atoms with van der Waals surface area (Å²) in [7, 11) is 0. The van der Waals surface area contributed by atoms with E-state index < -0.39 is 0 Å². The van der Waals surface area contributed by atoms with Gasteiger partial charge < -0.3 is 4.90 Å². The second kappa shape index (κ2) is 6.55. The Balaban J connectivity index is 2.77. The lowest BCUT2D eigenvalue weighted by molar-refractivity contribution is -0.132. The number of rotatable bonds is 6. The maximum Gasteiger partial charge on any atom is 0.241 e. The fourth-order valence-corrected chi connectivity index (χ4v) is 2.96. The highest BCUT2D eigenvalue weighted by atomic mass is 16.2. The third-order valence-corrected chi connectivity index (χ3v) is 3.67. The van der Waals surface area contributed by atoms with Crippen molar-refractivity contribution in [3.63, 3.8) is 0 Å². The van der Waals surface area contributed by atoms with Crippen molar-refractivity contribution >= 4 is 5.91 Å². The van der Waals surface area contributed by atoms with Gasteiger partial charge in [-0.05, 0) is 38.0 Å². The minimum absolute atomic E-state index is 0.0309. The molecular weight excluding hydrogens is 224 g/mol. The molecule has 1 fully saturated rings. The maximum absolute atomic E-state index is 12.4. The van der Waals surface area contributed by atoms with Crippen molar-refractivity contribution in [1.82, 2.24) is 10.2 Å². The molecule has 0 saturated carbocycles. The van der Waals surface area contributed by atoms with Gasteiger partial charge in [-0.15, -0.1) is 0 Å². The molecule has 1 aliphatic rings. The average molecular weight is 254 g/mol. The standard InChI is InChI=1S/C15H30N2O/c1-7-13-15(18)17(12(6)8-10(2)3)14(16-13)9-11(4)5/h10-14,16H,7-9H2,1-6H3. The Bertz CT molecular complexity index is 276. The van der Waals surface area contributed by atoms with Gasteiger partial charge in [-0.2, -0.15) is 0 Å². The molecule has 106 valence electrons. The van der Waals surface area contributed by atoms with Gasteiger partial charge in [0.25, 0.3) is 0 Å². The van der Waals surface area contributed by atoms with E-state index in [9.17, 15) is 4.79 Å². The van der Waals surface area contributed by atoms with Crippen molar-refractivity contribution in [1.29, 1.82) is 0 Å². The van der Waals surface area contributed by atoms with Gasteiger partial charge in [0.05, 0.1) is 12.2 Å². The number of hydrogen-bond donors (Lipinski definition) is 1. The molecule has 1 aliphatic heterocycles. The molecule has 0 aliphatic carbocycles. The highest BCUT2D eigenvalue weighted by Crippen LogP contribution is 2.24. The number of carbonyl (C=O) groups excluding carboxylic acids is 1. The van der Waals surface area contributed by atoms with E-state index in [-0.39, 0.29) is 12.2 Å². The largest absolute Gasteiger partial charge is 0.323 e. The van der Waals surface area contributed by atoms with E-state index in [2.05, 4.69) is 51.8 Å². The molecule has 1 N–H and O–H groups in total. The number of hydrogen-bond acceptors (Lipinski definition) is 2. The smallest absolute Gasteiger partial charge is 0.241 e. The Kier molecular flexibility index (Phi) is 5.64. The van der Waals surface area contributed by atoms with E-state index in [1.807, 2.05) is 0 Å². The van der Waals surface area contributed by atoms with E-state index in [0.29, 0.717) is 23.8 Å². The normalized spacial score (nSPS) is 26.4. The molecule has 0 spiro atoms. The molecule has 3 atom stereocenters. The Labute approximate surface area is 112 Å². The molecule has 1 heterocycles. The van der Waals surface area contributed by atoms with Gasteiger partial charge in [0.15, 0.2) is 0 Å². The summed E-state index contributed by atoms with van der Waals surface area (Å²) in [6.07, 6.45) is 3.25. The average Bonchev–Trinajstić information content (AvgIpc) is 2.52. The molecule has 18 heavy (non-hydrogen) atoms. The van der Waals surface area contributed by atoms with Crippen LogP contribution >= 0.6 is 0 Å². The van der Waals surface area contributed by atoms with Crippen LogP contribution in [0.3, 0.4) is 0 Å². The molecular formula is C15H30N2O. The molecule has 1 saturated heterocycles. The van der Waals surface area contributed by atoms with Crippen LogP contribution in [0.25, 0.3) is 0 Å². The lowest BCUT2D eigenvalue weighted by atomic mass is 10.0. The van der Waals surface area contributed by atoms with Gasteiger partial charge in [0, 0.05) is 6.04 Å². The minimum atomic E-state index is 0.0309. The summed E-state index contributed by atoms with van der Waals surface area (Å²) in [5.74, 6) is 1.55. The van der Waals surface area contributed by atoms with Crippen molar-refractivity contribution in [2.45, 2.75) is 79.1 Å². The summed E-state index contributed by atoms with van der Waals surface area (Å²) in [5, 5.41) is 3.50. The summed E-state index contributed by atoms with van der Waals surface area (Å²) in [6.45, 7) is 13.1. The molecule has 0 aromatic carbocycles. The summed E-state index contributed by atoms with van der Waals surface area (Å²) >= 11 is 0. The predicted octanol–water partition coefficient (Wildman–Crippen LogP) is 3.00. The van der Waals surface area contributed by atoms with Crippen LogP contribution in [0.15, 0.2) is 0 Å². The lowest BCUT2D eigenvalue weighted by Gasteiger charge is -2.32. The molecule has 0 radical (unpaired) electrons. The summed E-state index contributed by atoms with van der Waals surface area (Å²) in [6, 6.07) is 0.369. The van der Waals surface area contributed by atoms with Gasteiger partial charge in [-0.25, -0.2) is 0 Å². The highest BCUT2D eigenvalue weighted by molar-refractivity contribution is 5.84. The second-order valence-electron chi connectivity index (χ2n) is 6.50. The van der Waals surface area contributed by atoms with Crippen molar-refractivity contribution in [3.8, 4) is 0 Å². The SMILES string of the molecule is CCC1NC(CC(C)C)N(C(C)CC(C)C)C1=O. The van der Waals surface area contributed by atoms with E-state index in [0.717, 1.165) is 19.3 Å². The Morgan fingerprint density at radius 2 is 1.78 bits per heavy atom. The summed E-state index contributed by atoms with van der Waals surface area (Å²) < 4.78 is 0. The number of amides is 1. The van der Waals surface area contributed by atoms with Crippen LogP contribution in [0.4, 0.5) is 0 Å². The van der Waals surface area contributed by atoms with Crippen LogP contribution < -0.4 is 5.32 Å². The van der Waals surface area contributed by atoms with Crippen LogP contribution in [0.5, 0.6) is 0 Å². The Hall–Kier alpha value is -0.570. The van der Waals surface area contributed by atoms with E-state index in [4.69, 9.17) is 0 Å². The van der Waals surface area contributed by atoms with Crippen LogP contribution in [0, 0.1) is 11.8 Å². The fourth-order valence-electron chi connectivity index (χ4n) is 2.96. The molecule has 0 aromatic heterocycles. The van der Waals surface area contributed by atoms with Gasteiger partial charge in [-0.1, -0.05) is 34.6 Å². The third kappa shape index (κ3) is 3.71. The number of nitrogens with zero attached hydrogens (tertiary/aromatic N) is 1. The topological polar surface area (TPSA) is 32.3 Å². The zero-order valence-electron chi connectivity index (χ0n) is 12.9. The fraction of sp³-hybridized carbons (Fsp3) is 0.933. The van der Waals surface area contributed by atoms with Gasteiger partial charge in [0.1, 0.15) is 0 Å².